The van der Waals surface area contributed by atoms with Crippen molar-refractivity contribution in [2.24, 2.45) is 0 Å². The minimum Gasteiger partial charge on any atom is -0.0656 e. The predicted octanol–water partition coefficient (Wildman–Crippen LogP) is 6.03. The van der Waals surface area contributed by atoms with Crippen molar-refractivity contribution in [3.8, 4) is 11.1 Å². The summed E-state index contributed by atoms with van der Waals surface area (Å²) in [5.74, 6) is 0. The lowest BCUT2D eigenvalue weighted by molar-refractivity contribution is 0.779. The van der Waals surface area contributed by atoms with Crippen LogP contribution in [0.4, 0.5) is 0 Å². The second kappa shape index (κ2) is 6.49. The van der Waals surface area contributed by atoms with Gasteiger partial charge in [-0.15, -0.1) is 0 Å². The summed E-state index contributed by atoms with van der Waals surface area (Å²) >= 11 is 0. The fourth-order valence-corrected chi connectivity index (χ4v) is 5.23. The number of hydrogen-bond acceptors (Lipinski definition) is 0. The monoisotopic (exact) mass is 320 g/mol. The summed E-state index contributed by atoms with van der Waals surface area (Å²) in [6.45, 7) is 9.60. The molecule has 3 rings (SSSR count). The normalized spacial score (nSPS) is 13.8. The van der Waals surface area contributed by atoms with Crippen molar-refractivity contribution in [2.75, 3.05) is 0 Å². The molecule has 1 heteroatoms. The van der Waals surface area contributed by atoms with Crippen LogP contribution in [0.25, 0.3) is 17.2 Å². The van der Waals surface area contributed by atoms with E-state index in [1.165, 1.54) is 41.5 Å². The highest BCUT2D eigenvalue weighted by Crippen LogP contribution is 2.35. The smallest absolute Gasteiger partial charge is 0.0656 e. The van der Waals surface area contributed by atoms with Crippen LogP contribution >= 0.6 is 0 Å². The van der Waals surface area contributed by atoms with E-state index in [0.717, 1.165) is 6.42 Å². The number of fused-ring (bicyclic) bond motifs is 1. The molecule has 0 saturated carbocycles. The summed E-state index contributed by atoms with van der Waals surface area (Å²) in [6, 6.07) is 15.9. The van der Waals surface area contributed by atoms with Crippen LogP contribution in [0, 0.1) is 0 Å². The van der Waals surface area contributed by atoms with E-state index < -0.39 is 8.07 Å². The van der Waals surface area contributed by atoms with E-state index >= 15 is 0 Å². The fraction of sp³-hybridized carbons (Fsp3) is 0.364. The van der Waals surface area contributed by atoms with Gasteiger partial charge in [-0.2, -0.15) is 0 Å². The second-order valence-corrected chi connectivity index (χ2v) is 12.8. The molecule has 0 spiro atoms. The lowest BCUT2D eigenvalue weighted by Gasteiger charge is -2.22. The van der Waals surface area contributed by atoms with Crippen LogP contribution in [0.3, 0.4) is 0 Å². The standard InChI is InChI=1S/C22H28Si/c1-5-6-10-17-15-18-11-9-13-19(21(18)16-17)20-12-7-8-14-22(20)23(2,3)4/h7-9,11-14,16H,5-6,10,15H2,1-4H3. The first-order valence-electron chi connectivity index (χ1n) is 8.92. The van der Waals surface area contributed by atoms with Crippen molar-refractivity contribution >= 4 is 19.3 Å². The summed E-state index contributed by atoms with van der Waals surface area (Å²) in [5, 5.41) is 1.57. The zero-order valence-electron chi connectivity index (χ0n) is 14.9. The maximum atomic E-state index is 2.47. The van der Waals surface area contributed by atoms with Gasteiger partial charge >= 0.3 is 0 Å². The number of benzene rings is 2. The molecule has 0 saturated heterocycles. The van der Waals surface area contributed by atoms with Gasteiger partial charge in [0.05, 0.1) is 8.07 Å². The molecule has 0 aliphatic heterocycles. The molecule has 120 valence electrons. The Balaban J connectivity index is 2.08. The summed E-state index contributed by atoms with van der Waals surface area (Å²) in [6.07, 6.45) is 7.46. The summed E-state index contributed by atoms with van der Waals surface area (Å²) < 4.78 is 0. The first kappa shape index (κ1) is 16.3. The van der Waals surface area contributed by atoms with Crippen molar-refractivity contribution in [3.63, 3.8) is 0 Å². The first-order chi connectivity index (χ1) is 11.0. The van der Waals surface area contributed by atoms with Crippen LogP contribution < -0.4 is 5.19 Å². The molecular formula is C22H28Si. The van der Waals surface area contributed by atoms with Crippen LogP contribution in [-0.4, -0.2) is 8.07 Å². The summed E-state index contributed by atoms with van der Waals surface area (Å²) in [5.41, 5.74) is 7.49. The lowest BCUT2D eigenvalue weighted by Crippen LogP contribution is -2.38. The molecule has 0 aromatic heterocycles. The maximum absolute atomic E-state index is 2.47. The van der Waals surface area contributed by atoms with Crippen LogP contribution in [0.2, 0.25) is 19.6 Å². The molecule has 0 amide bonds. The van der Waals surface area contributed by atoms with Crippen LogP contribution in [0.5, 0.6) is 0 Å². The minimum absolute atomic E-state index is 1.15. The Morgan fingerprint density at radius 3 is 2.39 bits per heavy atom. The molecule has 0 unspecified atom stereocenters. The minimum atomic E-state index is -1.35. The van der Waals surface area contributed by atoms with Crippen molar-refractivity contribution in [3.05, 3.63) is 59.2 Å². The van der Waals surface area contributed by atoms with Crippen molar-refractivity contribution < 1.29 is 0 Å². The molecular weight excluding hydrogens is 292 g/mol. The maximum Gasteiger partial charge on any atom is 0.0784 e. The highest BCUT2D eigenvalue weighted by molar-refractivity contribution is 6.89. The Morgan fingerprint density at radius 1 is 0.913 bits per heavy atom. The molecule has 0 bridgehead atoms. The van der Waals surface area contributed by atoms with E-state index in [0.29, 0.717) is 0 Å². The average Bonchev–Trinajstić information content (AvgIpc) is 2.95. The van der Waals surface area contributed by atoms with E-state index in [1.807, 2.05) is 0 Å². The van der Waals surface area contributed by atoms with Gasteiger partial charge in [0.2, 0.25) is 0 Å². The van der Waals surface area contributed by atoms with E-state index in [-0.39, 0.29) is 0 Å². The summed E-state index contributed by atoms with van der Waals surface area (Å²) in [4.78, 5) is 0. The fourth-order valence-electron chi connectivity index (χ4n) is 3.61. The average molecular weight is 321 g/mol. The van der Waals surface area contributed by atoms with E-state index in [9.17, 15) is 0 Å². The molecule has 1 aliphatic carbocycles. The third-order valence-electron chi connectivity index (χ3n) is 4.84. The third kappa shape index (κ3) is 3.35. The number of unbranched alkanes of at least 4 members (excludes halogenated alkanes) is 1. The van der Waals surface area contributed by atoms with Crippen LogP contribution in [-0.2, 0) is 6.42 Å². The van der Waals surface area contributed by atoms with Crippen LogP contribution in [0.1, 0.15) is 37.3 Å². The number of allylic oxidation sites excluding steroid dienone is 1. The van der Waals surface area contributed by atoms with Gasteiger partial charge in [-0.05, 0) is 41.5 Å². The first-order valence-corrected chi connectivity index (χ1v) is 12.4. The highest BCUT2D eigenvalue weighted by Gasteiger charge is 2.23. The molecule has 23 heavy (non-hydrogen) atoms. The van der Waals surface area contributed by atoms with Crippen molar-refractivity contribution in [1.29, 1.82) is 0 Å². The van der Waals surface area contributed by atoms with Crippen molar-refractivity contribution in [2.45, 2.75) is 52.2 Å². The molecule has 2 aromatic rings. The number of hydrogen-bond donors (Lipinski definition) is 0. The molecule has 1 aliphatic rings. The van der Waals surface area contributed by atoms with E-state index in [4.69, 9.17) is 0 Å². The Bertz CT molecular complexity index is 732. The zero-order chi connectivity index (χ0) is 16.4. The molecule has 2 aromatic carbocycles. The molecule has 0 atom stereocenters. The SMILES string of the molecule is CCCCC1=Cc2c(cccc2-c2ccccc2[Si](C)(C)C)C1. The molecule has 0 nitrogen and oxygen atoms in total. The van der Waals surface area contributed by atoms with E-state index in [1.54, 1.807) is 10.8 Å². The second-order valence-electron chi connectivity index (χ2n) is 7.76. The van der Waals surface area contributed by atoms with Gasteiger partial charge in [-0.3, -0.25) is 0 Å². The Labute approximate surface area is 142 Å². The topological polar surface area (TPSA) is 0 Å². The predicted molar refractivity (Wildman–Crippen MR) is 106 cm³/mol. The van der Waals surface area contributed by atoms with Gasteiger partial charge in [0.15, 0.2) is 0 Å². The van der Waals surface area contributed by atoms with Gasteiger partial charge in [-0.1, -0.05) is 92.3 Å². The summed E-state index contributed by atoms with van der Waals surface area (Å²) in [7, 11) is -1.35. The van der Waals surface area contributed by atoms with Gasteiger partial charge < -0.3 is 0 Å². The lowest BCUT2D eigenvalue weighted by atomic mass is 9.97. The molecule has 0 fully saturated rings. The van der Waals surface area contributed by atoms with Crippen molar-refractivity contribution in [1.82, 2.24) is 0 Å². The Morgan fingerprint density at radius 2 is 1.65 bits per heavy atom. The Kier molecular flexibility index (Phi) is 4.59. The third-order valence-corrected chi connectivity index (χ3v) is 6.89. The van der Waals surface area contributed by atoms with Gasteiger partial charge in [0.25, 0.3) is 0 Å². The van der Waals surface area contributed by atoms with Gasteiger partial charge in [0.1, 0.15) is 0 Å². The zero-order valence-corrected chi connectivity index (χ0v) is 15.9. The number of rotatable bonds is 5. The quantitative estimate of drug-likeness (QED) is 0.590. The molecule has 0 radical (unpaired) electrons. The Hall–Kier alpha value is -1.60. The highest BCUT2D eigenvalue weighted by atomic mass is 28.3. The van der Waals surface area contributed by atoms with E-state index in [2.05, 4.69) is 75.1 Å². The molecule has 0 N–H and O–H groups in total. The molecule has 0 heterocycles. The van der Waals surface area contributed by atoms with Gasteiger partial charge in [0, 0.05) is 0 Å². The van der Waals surface area contributed by atoms with Gasteiger partial charge in [-0.25, -0.2) is 0 Å². The largest absolute Gasteiger partial charge is 0.0784 e. The van der Waals surface area contributed by atoms with Crippen LogP contribution in [0.15, 0.2) is 48.0 Å².